The van der Waals surface area contributed by atoms with Gasteiger partial charge in [0, 0.05) is 39.0 Å². The van der Waals surface area contributed by atoms with Gasteiger partial charge in [-0.05, 0) is 179 Å². The highest BCUT2D eigenvalue weighted by atomic mass is 79.9. The van der Waals surface area contributed by atoms with Crippen molar-refractivity contribution < 1.29 is 91.2 Å². The van der Waals surface area contributed by atoms with Gasteiger partial charge in [-0.3, -0.25) is 19.4 Å². The van der Waals surface area contributed by atoms with E-state index in [1.165, 1.54) is 29.8 Å². The number of aliphatic carboxylic acids is 1. The highest BCUT2D eigenvalue weighted by molar-refractivity contribution is 9.10. The van der Waals surface area contributed by atoms with Crippen molar-refractivity contribution in [2.24, 2.45) is 23.7 Å². The standard InChI is InChI=1S/C35H35F6N5O4.C30H35BrF6N4O4/c1-4-45(18-22-7-5-21(6-8-22)13-30(47)48)32-29(44-28(17-43-32)23-9-11-27(42-3)12-10-23)19-46-20(2)31(50-33(46)49)24-14-25(34(36,37)38)16-26(15-24)35(39,40)41;1-4-40(15-19-8-6-18(7-9-19)10-25(42)44-5-2)27-23(39-24(31)14-38-27)16-41-17(3)26(45-28(41)43)20-11-21(29(32,33)34)13-22(12-20)30(35,36)37/h9-12,14-17,20-22,31H,4-8,13,18-19H2,1-2H3,(H,47,48);11-14,17-19,26H,4-10,15-16H2,1-3H3/t20-,21?,22?,31?;17-,18?,19?,26?/m00/s1. The van der Waals surface area contributed by atoms with E-state index in [2.05, 4.69) is 30.7 Å². The molecule has 0 bridgehead atoms. The van der Waals surface area contributed by atoms with Crippen LogP contribution in [0.4, 0.5) is 79.6 Å². The summed E-state index contributed by atoms with van der Waals surface area (Å²) in [5, 5.41) is 9.19. The smallest absolute Gasteiger partial charge is 0.416 e. The summed E-state index contributed by atoms with van der Waals surface area (Å²) in [5.41, 5.74) is -4.63. The number of alkyl halides is 12. The number of halogens is 13. The molecule has 1 N–H and O–H groups in total. The molecule has 2 aliphatic carbocycles. The Morgan fingerprint density at radius 2 is 1.00 bits per heavy atom. The number of amides is 2. The van der Waals surface area contributed by atoms with Gasteiger partial charge in [0.25, 0.3) is 0 Å². The van der Waals surface area contributed by atoms with E-state index >= 15 is 0 Å². The molecule has 17 nitrogen and oxygen atoms in total. The van der Waals surface area contributed by atoms with E-state index in [0.29, 0.717) is 114 Å². The zero-order valence-corrected chi connectivity index (χ0v) is 53.9. The second-order valence-electron chi connectivity index (χ2n) is 24.1. The summed E-state index contributed by atoms with van der Waals surface area (Å²) in [4.78, 5) is 77.9. The lowest BCUT2D eigenvalue weighted by atomic mass is 9.80. The lowest BCUT2D eigenvalue weighted by Crippen LogP contribution is -2.36. The fourth-order valence-corrected chi connectivity index (χ4v) is 12.9. The van der Waals surface area contributed by atoms with Gasteiger partial charge in [0.05, 0.1) is 78.7 Å². The number of aromatic nitrogens is 4. The molecule has 4 heterocycles. The van der Waals surface area contributed by atoms with Crippen molar-refractivity contribution in [3.63, 3.8) is 0 Å². The van der Waals surface area contributed by atoms with Crippen LogP contribution in [0.5, 0.6) is 0 Å². The minimum atomic E-state index is -5.07. The third-order valence-electron chi connectivity index (χ3n) is 17.7. The molecule has 4 atom stereocenters. The van der Waals surface area contributed by atoms with Crippen LogP contribution in [0, 0.1) is 30.2 Å². The first-order valence-corrected chi connectivity index (χ1v) is 31.7. The molecule has 2 saturated heterocycles. The number of carbonyl (C=O) groups excluding carboxylic acids is 3. The Morgan fingerprint density at radius 1 is 0.611 bits per heavy atom. The van der Waals surface area contributed by atoms with Gasteiger partial charge in [-0.1, -0.05) is 24.3 Å². The van der Waals surface area contributed by atoms with Crippen molar-refractivity contribution >= 4 is 57.4 Å². The molecule has 4 aliphatic rings. The molecule has 4 fully saturated rings. The van der Waals surface area contributed by atoms with Crippen molar-refractivity contribution in [2.45, 2.75) is 161 Å². The van der Waals surface area contributed by atoms with E-state index in [9.17, 15) is 77.0 Å². The Labute approximate surface area is 548 Å². The fourth-order valence-electron chi connectivity index (χ4n) is 12.6. The van der Waals surface area contributed by atoms with E-state index in [0.717, 1.165) is 51.4 Å². The maximum atomic E-state index is 13.6. The van der Waals surface area contributed by atoms with E-state index < -0.39 is 101 Å². The van der Waals surface area contributed by atoms with E-state index in [1.807, 2.05) is 23.6 Å². The topological polar surface area (TPSA) is 185 Å². The average Bonchev–Trinajstić information content (AvgIpc) is 1.71. The van der Waals surface area contributed by atoms with Gasteiger partial charge in [0.1, 0.15) is 28.2 Å². The predicted molar refractivity (Wildman–Crippen MR) is 325 cm³/mol. The monoisotopic (exact) mass is 1410 g/mol. The Balaban J connectivity index is 0.000000245. The van der Waals surface area contributed by atoms with Gasteiger partial charge in [0.2, 0.25) is 0 Å². The number of carboxylic acids is 1. The maximum Gasteiger partial charge on any atom is 0.416 e. The molecule has 0 spiro atoms. The lowest BCUT2D eigenvalue weighted by molar-refractivity contribution is -0.145. The number of esters is 1. The lowest BCUT2D eigenvalue weighted by Gasteiger charge is -2.33. The number of carboxylic acid groups (broad SMARTS) is 1. The SMILES string of the molecule is CCOC(=O)CC1CCC(CN(CC)c2ncc(Br)nc2CN2C(=O)OC(c3cc(C(F)(F)F)cc(C(F)(F)F)c3)[C@@H]2C)CC1.[C-]#[N+]c1ccc(-c2cnc(N(CC)CC3CCC(CC(=O)O)CC3)c(CN3C(=O)OC(c4cc(C(F)(F)F)cc(C(F)(F)F)c4)[C@@H]3C)n2)cc1. The van der Waals surface area contributed by atoms with Crippen LogP contribution in [0.25, 0.3) is 16.1 Å². The molecule has 9 rings (SSSR count). The van der Waals surface area contributed by atoms with Gasteiger partial charge in [-0.25, -0.2) is 34.4 Å². The normalized spacial score (nSPS) is 21.7. The largest absolute Gasteiger partial charge is 0.481 e. The van der Waals surface area contributed by atoms with Crippen molar-refractivity contribution in [1.29, 1.82) is 0 Å². The number of benzene rings is 3. The first kappa shape index (κ1) is 72.9. The molecule has 2 amide bonds. The fraction of sp³-hybridized carbons (Fsp3) is 0.523. The predicted octanol–water partition coefficient (Wildman–Crippen LogP) is 16.9. The van der Waals surface area contributed by atoms with Gasteiger partial charge in [-0.2, -0.15) is 52.7 Å². The Bertz CT molecular complexity index is 3510. The number of cyclic esters (lactones) is 2. The molecule has 3 aromatic carbocycles. The summed E-state index contributed by atoms with van der Waals surface area (Å²) in [7, 11) is 0. The van der Waals surface area contributed by atoms with Crippen molar-refractivity contribution in [3.05, 3.63) is 134 Å². The van der Waals surface area contributed by atoms with Crippen LogP contribution < -0.4 is 9.80 Å². The number of rotatable bonds is 20. The second-order valence-corrected chi connectivity index (χ2v) is 24.9. The maximum absolute atomic E-state index is 13.6. The second kappa shape index (κ2) is 30.4. The molecular weight excluding hydrogens is 1340 g/mol. The van der Waals surface area contributed by atoms with Crippen molar-refractivity contribution in [2.75, 3.05) is 42.6 Å². The van der Waals surface area contributed by atoms with Gasteiger partial charge < -0.3 is 29.1 Å². The number of ether oxygens (including phenoxy) is 3. The van der Waals surface area contributed by atoms with Crippen LogP contribution in [0.15, 0.2) is 77.7 Å². The molecular formula is C65H70BrF12N9O8. The molecule has 514 valence electrons. The summed E-state index contributed by atoms with van der Waals surface area (Å²) in [6.45, 7) is 18.2. The molecule has 2 unspecified atom stereocenters. The number of anilines is 2. The highest BCUT2D eigenvalue weighted by Crippen LogP contribution is 2.45. The average molecular weight is 1410 g/mol. The molecule has 95 heavy (non-hydrogen) atoms. The Morgan fingerprint density at radius 3 is 1.38 bits per heavy atom. The van der Waals surface area contributed by atoms with Crippen LogP contribution in [-0.2, 0) is 61.6 Å². The summed E-state index contributed by atoms with van der Waals surface area (Å²) in [5.74, 6) is 0.903. The van der Waals surface area contributed by atoms with Crippen molar-refractivity contribution in [1.82, 2.24) is 29.7 Å². The summed E-state index contributed by atoms with van der Waals surface area (Å²) >= 11 is 3.31. The third kappa shape index (κ3) is 18.5. The number of hydrogen-bond acceptors (Lipinski definition) is 13. The third-order valence-corrected chi connectivity index (χ3v) is 18.1. The quantitative estimate of drug-likeness (QED) is 0.0336. The van der Waals surface area contributed by atoms with Crippen LogP contribution in [0.1, 0.15) is 156 Å². The molecule has 2 aliphatic heterocycles. The first-order chi connectivity index (χ1) is 44.7. The van der Waals surface area contributed by atoms with Crippen LogP contribution in [-0.4, -0.2) is 104 Å². The Kier molecular flexibility index (Phi) is 23.3. The first-order valence-electron chi connectivity index (χ1n) is 30.9. The van der Waals surface area contributed by atoms with Gasteiger partial charge in [-0.15, -0.1) is 0 Å². The zero-order chi connectivity index (χ0) is 69.5. The summed E-state index contributed by atoms with van der Waals surface area (Å²) < 4.78 is 179. The number of nitrogens with zero attached hydrogens (tertiary/aromatic N) is 9. The Hall–Kier alpha value is -7.97. The van der Waals surface area contributed by atoms with Crippen LogP contribution in [0.2, 0.25) is 0 Å². The van der Waals surface area contributed by atoms with Crippen LogP contribution >= 0.6 is 15.9 Å². The number of carbonyl (C=O) groups is 4. The van der Waals surface area contributed by atoms with Crippen LogP contribution in [0.3, 0.4) is 0 Å². The molecule has 5 aromatic rings. The number of hydrogen-bond donors (Lipinski definition) is 1. The van der Waals surface area contributed by atoms with E-state index in [-0.39, 0.29) is 55.4 Å². The van der Waals surface area contributed by atoms with Gasteiger partial charge in [0.15, 0.2) is 17.3 Å². The molecule has 2 saturated carbocycles. The van der Waals surface area contributed by atoms with Gasteiger partial charge >= 0.3 is 48.8 Å². The zero-order valence-electron chi connectivity index (χ0n) is 52.3. The van der Waals surface area contributed by atoms with Crippen molar-refractivity contribution in [3.8, 4) is 11.3 Å². The highest BCUT2D eigenvalue weighted by Gasteiger charge is 2.46. The summed E-state index contributed by atoms with van der Waals surface area (Å²) in [6.07, 6.45) is -14.5. The molecule has 30 heteroatoms. The minimum Gasteiger partial charge on any atom is -0.481 e. The van der Waals surface area contributed by atoms with E-state index in [1.54, 1.807) is 37.4 Å². The van der Waals surface area contributed by atoms with E-state index in [4.69, 9.17) is 30.8 Å². The minimum absolute atomic E-state index is 0.0265. The molecule has 2 aromatic heterocycles. The summed E-state index contributed by atoms with van der Waals surface area (Å²) in [6, 6.07) is 7.09. The molecule has 0 radical (unpaired) electrons.